The highest BCUT2D eigenvalue weighted by Gasteiger charge is 2.37. The van der Waals surface area contributed by atoms with Crippen molar-refractivity contribution in [2.45, 2.75) is 26.1 Å². The van der Waals surface area contributed by atoms with Gasteiger partial charge in [0.05, 0.1) is 31.5 Å². The first kappa shape index (κ1) is 17.1. The number of nitrogens with zero attached hydrogens (tertiary/aromatic N) is 5. The van der Waals surface area contributed by atoms with Gasteiger partial charge in [0.25, 0.3) is 0 Å². The van der Waals surface area contributed by atoms with Crippen LogP contribution in [0.1, 0.15) is 25.6 Å². The third kappa shape index (κ3) is 2.54. The first-order chi connectivity index (χ1) is 13.7. The summed E-state index contributed by atoms with van der Waals surface area (Å²) in [5.41, 5.74) is 3.12. The van der Waals surface area contributed by atoms with Crippen LogP contribution >= 0.6 is 0 Å². The normalized spacial score (nSPS) is 19.2. The SMILES string of the molecule is COc1ccccc1[C@@H]1NC2=NCN(C(C)C)CN2c2nc3ccccc3n21. The number of aromatic nitrogens is 2. The Bertz CT molecular complexity index is 1060. The maximum atomic E-state index is 5.65. The molecule has 2 aromatic carbocycles. The van der Waals surface area contributed by atoms with Crippen molar-refractivity contribution < 1.29 is 4.74 Å². The van der Waals surface area contributed by atoms with Crippen molar-refractivity contribution in [1.29, 1.82) is 0 Å². The van der Waals surface area contributed by atoms with Gasteiger partial charge >= 0.3 is 0 Å². The molecule has 0 radical (unpaired) electrons. The summed E-state index contributed by atoms with van der Waals surface area (Å²) >= 11 is 0. The van der Waals surface area contributed by atoms with Crippen LogP contribution in [-0.4, -0.2) is 46.9 Å². The van der Waals surface area contributed by atoms with Crippen LogP contribution in [0.15, 0.2) is 53.5 Å². The molecule has 0 saturated carbocycles. The van der Waals surface area contributed by atoms with Crippen LogP contribution in [-0.2, 0) is 0 Å². The van der Waals surface area contributed by atoms with E-state index in [9.17, 15) is 0 Å². The molecule has 0 aliphatic carbocycles. The van der Waals surface area contributed by atoms with Gasteiger partial charge in [-0.05, 0) is 32.0 Å². The molecule has 1 aromatic heterocycles. The Morgan fingerprint density at radius 1 is 1.11 bits per heavy atom. The average molecular weight is 376 g/mol. The van der Waals surface area contributed by atoms with E-state index in [4.69, 9.17) is 14.7 Å². The minimum Gasteiger partial charge on any atom is -0.496 e. The van der Waals surface area contributed by atoms with Crippen LogP contribution in [0.5, 0.6) is 5.75 Å². The first-order valence-electron chi connectivity index (χ1n) is 9.60. The van der Waals surface area contributed by atoms with Gasteiger partial charge in [0.2, 0.25) is 11.9 Å². The van der Waals surface area contributed by atoms with Gasteiger partial charge in [0.1, 0.15) is 11.9 Å². The molecule has 5 rings (SSSR count). The molecule has 2 aliphatic rings. The topological polar surface area (TPSA) is 57.9 Å². The van der Waals surface area contributed by atoms with E-state index in [1.165, 1.54) is 0 Å². The molecule has 2 aliphatic heterocycles. The van der Waals surface area contributed by atoms with Gasteiger partial charge in [-0.2, -0.15) is 0 Å². The number of hydrogen-bond donors (Lipinski definition) is 1. The second kappa shape index (κ2) is 6.53. The number of methoxy groups -OCH3 is 1. The number of ether oxygens (including phenoxy) is 1. The van der Waals surface area contributed by atoms with Crippen LogP contribution in [0.4, 0.5) is 5.95 Å². The summed E-state index contributed by atoms with van der Waals surface area (Å²) < 4.78 is 7.90. The molecule has 0 saturated heterocycles. The van der Waals surface area contributed by atoms with Gasteiger partial charge < -0.3 is 10.1 Å². The van der Waals surface area contributed by atoms with Crippen LogP contribution in [0.2, 0.25) is 0 Å². The molecule has 0 fully saturated rings. The number of aliphatic imine (C=N–C) groups is 1. The quantitative estimate of drug-likeness (QED) is 0.762. The summed E-state index contributed by atoms with van der Waals surface area (Å²) in [5.74, 6) is 2.60. The number of rotatable bonds is 3. The first-order valence-corrected chi connectivity index (χ1v) is 9.60. The molecule has 3 heterocycles. The Morgan fingerprint density at radius 2 is 1.89 bits per heavy atom. The second-order valence-corrected chi connectivity index (χ2v) is 7.43. The molecule has 3 aromatic rings. The van der Waals surface area contributed by atoms with Gasteiger partial charge in [0.15, 0.2) is 0 Å². The highest BCUT2D eigenvalue weighted by atomic mass is 16.5. The van der Waals surface area contributed by atoms with Gasteiger partial charge in [-0.3, -0.25) is 14.4 Å². The zero-order chi connectivity index (χ0) is 19.3. The zero-order valence-corrected chi connectivity index (χ0v) is 16.3. The van der Waals surface area contributed by atoms with Gasteiger partial charge in [-0.1, -0.05) is 30.3 Å². The summed E-state index contributed by atoms with van der Waals surface area (Å²) in [4.78, 5) is 14.3. The molecular formula is C21H24N6O. The van der Waals surface area contributed by atoms with E-state index < -0.39 is 0 Å². The average Bonchev–Trinajstić information content (AvgIpc) is 3.12. The second-order valence-electron chi connectivity index (χ2n) is 7.43. The fraction of sp³-hybridized carbons (Fsp3) is 0.333. The van der Waals surface area contributed by atoms with E-state index in [0.29, 0.717) is 12.7 Å². The Morgan fingerprint density at radius 3 is 2.71 bits per heavy atom. The van der Waals surface area contributed by atoms with E-state index in [-0.39, 0.29) is 6.17 Å². The van der Waals surface area contributed by atoms with Gasteiger partial charge in [-0.15, -0.1) is 0 Å². The van der Waals surface area contributed by atoms with Crippen molar-refractivity contribution in [2.75, 3.05) is 25.3 Å². The minimum absolute atomic E-state index is 0.140. The number of benzene rings is 2. The molecule has 7 heteroatoms. The van der Waals surface area contributed by atoms with E-state index in [2.05, 4.69) is 57.8 Å². The summed E-state index contributed by atoms with van der Waals surface area (Å²) in [5, 5.41) is 3.63. The number of imidazole rings is 1. The third-order valence-corrected chi connectivity index (χ3v) is 5.49. The van der Waals surface area contributed by atoms with E-state index >= 15 is 0 Å². The summed E-state index contributed by atoms with van der Waals surface area (Å²) in [6.07, 6.45) is -0.140. The van der Waals surface area contributed by atoms with Gasteiger partial charge in [-0.25, -0.2) is 9.98 Å². The number of nitrogens with one attached hydrogen (secondary N) is 1. The van der Waals surface area contributed by atoms with Crippen LogP contribution in [0.3, 0.4) is 0 Å². The lowest BCUT2D eigenvalue weighted by Gasteiger charge is -2.42. The highest BCUT2D eigenvalue weighted by molar-refractivity contribution is 5.99. The summed E-state index contributed by atoms with van der Waals surface area (Å²) in [6, 6.07) is 16.8. The smallest absolute Gasteiger partial charge is 0.216 e. The Balaban J connectivity index is 1.71. The molecule has 28 heavy (non-hydrogen) atoms. The van der Waals surface area contributed by atoms with Crippen molar-refractivity contribution in [2.24, 2.45) is 4.99 Å². The van der Waals surface area contributed by atoms with Crippen LogP contribution < -0.4 is 15.0 Å². The lowest BCUT2D eigenvalue weighted by molar-refractivity contribution is 0.221. The molecule has 0 amide bonds. The fourth-order valence-electron chi connectivity index (χ4n) is 3.92. The standard InChI is InChI=1S/C21H24N6O/c1-14(2)25-12-22-20-24-19(15-8-4-7-11-18(15)28-3)27-17-10-6-5-9-16(17)23-21(27)26(20)13-25/h4-11,14,19H,12-13H2,1-3H3,(H,22,24)/t19-/m1/s1. The van der Waals surface area contributed by atoms with Crippen LogP contribution in [0, 0.1) is 0 Å². The minimum atomic E-state index is -0.140. The van der Waals surface area contributed by atoms with Crippen molar-refractivity contribution in [3.63, 3.8) is 0 Å². The number of hydrogen-bond acceptors (Lipinski definition) is 6. The number of fused-ring (bicyclic) bond motifs is 5. The third-order valence-electron chi connectivity index (χ3n) is 5.49. The molecule has 0 bridgehead atoms. The fourth-order valence-corrected chi connectivity index (χ4v) is 3.92. The predicted molar refractivity (Wildman–Crippen MR) is 111 cm³/mol. The molecule has 1 N–H and O–H groups in total. The monoisotopic (exact) mass is 376 g/mol. The van der Waals surface area contributed by atoms with E-state index in [1.807, 2.05) is 24.3 Å². The molecule has 0 spiro atoms. The lowest BCUT2D eigenvalue weighted by atomic mass is 10.1. The van der Waals surface area contributed by atoms with E-state index in [1.54, 1.807) is 7.11 Å². The van der Waals surface area contributed by atoms with Crippen molar-refractivity contribution in [3.05, 3.63) is 54.1 Å². The Hall–Kier alpha value is -3.06. The maximum absolute atomic E-state index is 5.65. The molecule has 1 atom stereocenters. The number of para-hydroxylation sites is 3. The molecule has 0 unspecified atom stereocenters. The summed E-state index contributed by atoms with van der Waals surface area (Å²) in [6.45, 7) is 5.82. The zero-order valence-electron chi connectivity index (χ0n) is 16.3. The van der Waals surface area contributed by atoms with Crippen molar-refractivity contribution in [1.82, 2.24) is 19.8 Å². The highest BCUT2D eigenvalue weighted by Crippen LogP contribution is 2.36. The van der Waals surface area contributed by atoms with Crippen molar-refractivity contribution >= 4 is 22.9 Å². The summed E-state index contributed by atoms with van der Waals surface area (Å²) in [7, 11) is 1.71. The molecule has 7 nitrogen and oxygen atoms in total. The van der Waals surface area contributed by atoms with Crippen LogP contribution in [0.25, 0.3) is 11.0 Å². The largest absolute Gasteiger partial charge is 0.496 e. The Labute approximate surface area is 164 Å². The number of anilines is 1. The molecular weight excluding hydrogens is 352 g/mol. The van der Waals surface area contributed by atoms with E-state index in [0.717, 1.165) is 40.9 Å². The predicted octanol–water partition coefficient (Wildman–Crippen LogP) is 3.00. The Kier molecular flexibility index (Phi) is 3.98. The van der Waals surface area contributed by atoms with Gasteiger partial charge in [0, 0.05) is 11.6 Å². The molecule has 144 valence electrons. The maximum Gasteiger partial charge on any atom is 0.216 e. The lowest BCUT2D eigenvalue weighted by Crippen LogP contribution is -2.58. The van der Waals surface area contributed by atoms with Crippen molar-refractivity contribution in [3.8, 4) is 5.75 Å². The number of guanidine groups is 1.